The van der Waals surface area contributed by atoms with Gasteiger partial charge in [-0.2, -0.15) is 0 Å². The maximum Gasteiger partial charge on any atom is 0.312 e. The average Bonchev–Trinajstić information content (AvgIpc) is 2.65. The maximum absolute atomic E-state index is 11.4. The number of hydrogen-bond donors (Lipinski definition) is 1. The lowest BCUT2D eigenvalue weighted by Gasteiger charge is -2.23. The second-order valence-electron chi connectivity index (χ2n) is 4.89. The molecule has 2 rings (SSSR count). The number of aromatic nitrogens is 1. The number of rotatable bonds is 4. The molecule has 98 valence electrons. The number of carboxylic acid groups (broad SMARTS) is 1. The lowest BCUT2D eigenvalue weighted by Crippen LogP contribution is -2.32. The van der Waals surface area contributed by atoms with E-state index in [0.717, 1.165) is 18.7 Å². The highest BCUT2D eigenvalue weighted by Gasteiger charge is 2.23. The second kappa shape index (κ2) is 6.50. The van der Waals surface area contributed by atoms with Crippen LogP contribution in [0.4, 0.5) is 0 Å². The van der Waals surface area contributed by atoms with Gasteiger partial charge in [0.2, 0.25) is 0 Å². The highest BCUT2D eigenvalue weighted by molar-refractivity contribution is 5.76. The Hall–Kier alpha value is -1.42. The third kappa shape index (κ3) is 3.53. The Morgan fingerprint density at radius 3 is 2.61 bits per heavy atom. The Balaban J connectivity index is 2.04. The number of carboxylic acids is 1. The van der Waals surface area contributed by atoms with Gasteiger partial charge in [-0.25, -0.2) is 0 Å². The van der Waals surface area contributed by atoms with Crippen LogP contribution in [0, 0.1) is 0 Å². The first kappa shape index (κ1) is 13.0. The normalized spacial score (nSPS) is 19.1. The summed E-state index contributed by atoms with van der Waals surface area (Å²) in [6.07, 6.45) is 8.23. The van der Waals surface area contributed by atoms with Crippen molar-refractivity contribution in [1.29, 1.82) is 0 Å². The molecule has 0 amide bonds. The van der Waals surface area contributed by atoms with Crippen molar-refractivity contribution in [3.05, 3.63) is 30.1 Å². The molecule has 1 saturated heterocycles. The zero-order chi connectivity index (χ0) is 12.8. The summed E-state index contributed by atoms with van der Waals surface area (Å²) in [7, 11) is 0. The van der Waals surface area contributed by atoms with Crippen molar-refractivity contribution in [2.45, 2.75) is 31.6 Å². The molecule has 2 heterocycles. The number of hydrogen-bond acceptors (Lipinski definition) is 3. The van der Waals surface area contributed by atoms with Crippen LogP contribution in [0.1, 0.15) is 37.2 Å². The van der Waals surface area contributed by atoms with Gasteiger partial charge in [-0.15, -0.1) is 0 Å². The number of aliphatic carboxylic acids is 1. The molecular weight excluding hydrogens is 228 g/mol. The predicted octanol–water partition coefficient (Wildman–Crippen LogP) is 2.13. The summed E-state index contributed by atoms with van der Waals surface area (Å²) >= 11 is 0. The van der Waals surface area contributed by atoms with Gasteiger partial charge in [0.15, 0.2) is 0 Å². The molecule has 18 heavy (non-hydrogen) atoms. The third-order valence-electron chi connectivity index (χ3n) is 3.52. The molecule has 0 aromatic carbocycles. The van der Waals surface area contributed by atoms with E-state index >= 15 is 0 Å². The first-order chi connectivity index (χ1) is 8.77. The van der Waals surface area contributed by atoms with Crippen LogP contribution >= 0.6 is 0 Å². The molecule has 1 fully saturated rings. The Morgan fingerprint density at radius 2 is 2.06 bits per heavy atom. The van der Waals surface area contributed by atoms with E-state index in [0.29, 0.717) is 6.54 Å². The molecule has 1 N–H and O–H groups in total. The topological polar surface area (TPSA) is 53.4 Å². The summed E-state index contributed by atoms with van der Waals surface area (Å²) in [5.41, 5.74) is 0.800. The van der Waals surface area contributed by atoms with Crippen LogP contribution in [0.25, 0.3) is 0 Å². The molecule has 0 radical (unpaired) electrons. The molecular formula is C14H20N2O2. The van der Waals surface area contributed by atoms with Crippen molar-refractivity contribution in [2.75, 3.05) is 19.6 Å². The van der Waals surface area contributed by atoms with Crippen molar-refractivity contribution < 1.29 is 9.90 Å². The van der Waals surface area contributed by atoms with Crippen LogP contribution in [0.5, 0.6) is 0 Å². The van der Waals surface area contributed by atoms with Gasteiger partial charge in [-0.05, 0) is 37.6 Å². The van der Waals surface area contributed by atoms with Crippen LogP contribution in [-0.4, -0.2) is 40.6 Å². The van der Waals surface area contributed by atoms with Crippen molar-refractivity contribution >= 4 is 5.97 Å². The summed E-state index contributed by atoms with van der Waals surface area (Å²) in [6.45, 7) is 2.63. The molecule has 1 aliphatic rings. The van der Waals surface area contributed by atoms with E-state index in [1.807, 2.05) is 6.07 Å². The quantitative estimate of drug-likeness (QED) is 0.886. The Morgan fingerprint density at radius 1 is 1.33 bits per heavy atom. The van der Waals surface area contributed by atoms with Gasteiger partial charge in [0, 0.05) is 18.9 Å². The maximum atomic E-state index is 11.4. The standard InChI is InChI=1S/C14H20N2O2/c17-14(18)13(12-6-5-7-15-10-12)11-16-8-3-1-2-4-9-16/h5-7,10,13H,1-4,8-9,11H2,(H,17,18). The molecule has 0 saturated carbocycles. The summed E-state index contributed by atoms with van der Waals surface area (Å²) in [5.74, 6) is -1.22. The monoisotopic (exact) mass is 248 g/mol. The largest absolute Gasteiger partial charge is 0.481 e. The summed E-state index contributed by atoms with van der Waals surface area (Å²) in [6, 6.07) is 3.65. The first-order valence-electron chi connectivity index (χ1n) is 6.62. The van der Waals surface area contributed by atoms with Crippen LogP contribution in [0.2, 0.25) is 0 Å². The highest BCUT2D eigenvalue weighted by Crippen LogP contribution is 2.19. The molecule has 1 aromatic rings. The van der Waals surface area contributed by atoms with Gasteiger partial charge in [-0.1, -0.05) is 18.9 Å². The van der Waals surface area contributed by atoms with Crippen LogP contribution in [0.15, 0.2) is 24.5 Å². The highest BCUT2D eigenvalue weighted by atomic mass is 16.4. The van der Waals surface area contributed by atoms with Gasteiger partial charge in [-0.3, -0.25) is 9.78 Å². The van der Waals surface area contributed by atoms with E-state index in [2.05, 4.69) is 9.88 Å². The zero-order valence-corrected chi connectivity index (χ0v) is 10.6. The fourth-order valence-electron chi connectivity index (χ4n) is 2.49. The van der Waals surface area contributed by atoms with Gasteiger partial charge < -0.3 is 10.0 Å². The molecule has 4 heteroatoms. The Kier molecular flexibility index (Phi) is 4.70. The average molecular weight is 248 g/mol. The number of likely N-dealkylation sites (tertiary alicyclic amines) is 1. The van der Waals surface area contributed by atoms with Crippen LogP contribution in [0.3, 0.4) is 0 Å². The molecule has 1 atom stereocenters. The summed E-state index contributed by atoms with van der Waals surface area (Å²) < 4.78 is 0. The van der Waals surface area contributed by atoms with Gasteiger partial charge in [0.05, 0.1) is 5.92 Å². The summed E-state index contributed by atoms with van der Waals surface area (Å²) in [5, 5.41) is 9.37. The van der Waals surface area contributed by atoms with Gasteiger partial charge >= 0.3 is 5.97 Å². The Bertz CT molecular complexity index is 373. The molecule has 0 aliphatic carbocycles. The van der Waals surface area contributed by atoms with E-state index < -0.39 is 11.9 Å². The van der Waals surface area contributed by atoms with Crippen LogP contribution < -0.4 is 0 Å². The second-order valence-corrected chi connectivity index (χ2v) is 4.89. The van der Waals surface area contributed by atoms with E-state index in [9.17, 15) is 9.90 Å². The molecule has 1 aromatic heterocycles. The van der Waals surface area contributed by atoms with E-state index in [1.54, 1.807) is 18.5 Å². The van der Waals surface area contributed by atoms with Gasteiger partial charge in [0.1, 0.15) is 0 Å². The number of carbonyl (C=O) groups is 1. The van der Waals surface area contributed by atoms with E-state index in [1.165, 1.54) is 25.7 Å². The number of pyridine rings is 1. The van der Waals surface area contributed by atoms with Crippen molar-refractivity contribution in [3.8, 4) is 0 Å². The molecule has 1 unspecified atom stereocenters. The minimum atomic E-state index is -0.757. The lowest BCUT2D eigenvalue weighted by molar-refractivity contribution is -0.139. The fourth-order valence-corrected chi connectivity index (χ4v) is 2.49. The van der Waals surface area contributed by atoms with Crippen molar-refractivity contribution in [2.24, 2.45) is 0 Å². The SMILES string of the molecule is O=C(O)C(CN1CCCCCC1)c1cccnc1. The minimum absolute atomic E-state index is 0.461. The third-order valence-corrected chi connectivity index (χ3v) is 3.52. The Labute approximate surface area is 108 Å². The smallest absolute Gasteiger partial charge is 0.312 e. The van der Waals surface area contributed by atoms with Crippen LogP contribution in [-0.2, 0) is 4.79 Å². The molecule has 1 aliphatic heterocycles. The van der Waals surface area contributed by atoms with E-state index in [4.69, 9.17) is 0 Å². The lowest BCUT2D eigenvalue weighted by atomic mass is 10.0. The minimum Gasteiger partial charge on any atom is -0.481 e. The predicted molar refractivity (Wildman–Crippen MR) is 69.5 cm³/mol. The fraction of sp³-hybridized carbons (Fsp3) is 0.571. The first-order valence-corrected chi connectivity index (χ1v) is 6.62. The van der Waals surface area contributed by atoms with Crippen molar-refractivity contribution in [3.63, 3.8) is 0 Å². The van der Waals surface area contributed by atoms with E-state index in [-0.39, 0.29) is 0 Å². The molecule has 4 nitrogen and oxygen atoms in total. The molecule has 0 bridgehead atoms. The summed E-state index contributed by atoms with van der Waals surface area (Å²) in [4.78, 5) is 17.7. The zero-order valence-electron chi connectivity index (χ0n) is 10.6. The number of nitrogens with zero attached hydrogens (tertiary/aromatic N) is 2. The van der Waals surface area contributed by atoms with Gasteiger partial charge in [0.25, 0.3) is 0 Å². The molecule has 0 spiro atoms. The van der Waals surface area contributed by atoms with Crippen molar-refractivity contribution in [1.82, 2.24) is 9.88 Å².